The van der Waals surface area contributed by atoms with E-state index in [1.54, 1.807) is 6.33 Å². The normalized spacial score (nSPS) is 18.1. The molecule has 0 aromatic carbocycles. The van der Waals surface area contributed by atoms with E-state index in [0.29, 0.717) is 19.5 Å². The Kier molecular flexibility index (Phi) is 2.50. The van der Waals surface area contributed by atoms with Crippen molar-refractivity contribution < 1.29 is 8.42 Å². The summed E-state index contributed by atoms with van der Waals surface area (Å²) in [6.45, 7) is 0.817. The maximum atomic E-state index is 11.4. The second-order valence-corrected chi connectivity index (χ2v) is 5.69. The number of alkyl halides is 1. The highest BCUT2D eigenvalue weighted by atomic mass is 35.5. The molecule has 0 aliphatic carbocycles. The van der Waals surface area contributed by atoms with E-state index in [9.17, 15) is 8.42 Å². The Morgan fingerprint density at radius 1 is 1.64 bits per heavy atom. The Labute approximate surface area is 87.1 Å². The molecule has 0 amide bonds. The van der Waals surface area contributed by atoms with Gasteiger partial charge >= 0.3 is 0 Å². The zero-order valence-electron chi connectivity index (χ0n) is 7.40. The van der Waals surface area contributed by atoms with Crippen LogP contribution in [0.1, 0.15) is 11.4 Å². The van der Waals surface area contributed by atoms with Crippen LogP contribution >= 0.6 is 11.6 Å². The van der Waals surface area contributed by atoms with Crippen LogP contribution in [-0.2, 0) is 23.0 Å². The van der Waals surface area contributed by atoms with Crippen molar-refractivity contribution in [3.8, 4) is 0 Å². The largest absolute Gasteiger partial charge is 0.347 e. The van der Waals surface area contributed by atoms with Gasteiger partial charge in [-0.25, -0.2) is 13.4 Å². The average Bonchev–Trinajstić information content (AvgIpc) is 2.64. The molecule has 0 bridgehead atoms. The molecule has 1 aliphatic heterocycles. The third-order valence-corrected chi connectivity index (χ3v) is 4.47. The Hall–Kier alpha value is -0.590. The van der Waals surface area contributed by atoms with Crippen LogP contribution in [0.25, 0.3) is 0 Å². The van der Waals surface area contributed by atoms with E-state index in [2.05, 4.69) is 9.97 Å². The van der Waals surface area contributed by atoms with Crippen molar-refractivity contribution >= 4 is 21.6 Å². The smallest absolute Gasteiger partial charge is 0.228 e. The number of imidazole rings is 1. The van der Waals surface area contributed by atoms with E-state index in [-0.39, 0.29) is 5.21 Å². The zero-order chi connectivity index (χ0) is 10.2. The van der Waals surface area contributed by atoms with Gasteiger partial charge in [0.25, 0.3) is 0 Å². The van der Waals surface area contributed by atoms with Crippen molar-refractivity contribution in [2.75, 3.05) is 11.8 Å². The standard InChI is InChI=1S/C7H10ClN3O2S/c8-4-14(12,13)11-2-1-6-7(3-11)10-5-9-6/h5H,1-4H2,(H,9,10). The first-order valence-electron chi connectivity index (χ1n) is 4.18. The van der Waals surface area contributed by atoms with Crippen molar-refractivity contribution in [1.29, 1.82) is 0 Å². The van der Waals surface area contributed by atoms with Crippen LogP contribution in [0.3, 0.4) is 0 Å². The van der Waals surface area contributed by atoms with Gasteiger partial charge in [-0.15, -0.1) is 11.6 Å². The van der Waals surface area contributed by atoms with Gasteiger partial charge in [-0.2, -0.15) is 4.31 Å². The van der Waals surface area contributed by atoms with E-state index in [1.807, 2.05) is 0 Å². The van der Waals surface area contributed by atoms with Crippen LogP contribution in [0.15, 0.2) is 6.33 Å². The fraction of sp³-hybridized carbons (Fsp3) is 0.571. The van der Waals surface area contributed by atoms with E-state index in [0.717, 1.165) is 11.4 Å². The summed E-state index contributed by atoms with van der Waals surface area (Å²) in [7, 11) is -3.29. The van der Waals surface area contributed by atoms with Crippen molar-refractivity contribution in [3.05, 3.63) is 17.7 Å². The molecule has 0 spiro atoms. The summed E-state index contributed by atoms with van der Waals surface area (Å²) in [6, 6.07) is 0. The van der Waals surface area contributed by atoms with Crippen LogP contribution in [0.5, 0.6) is 0 Å². The second kappa shape index (κ2) is 3.52. The number of halogens is 1. The first-order valence-corrected chi connectivity index (χ1v) is 6.33. The van der Waals surface area contributed by atoms with E-state index in [1.165, 1.54) is 4.31 Å². The van der Waals surface area contributed by atoms with E-state index >= 15 is 0 Å². The van der Waals surface area contributed by atoms with Crippen LogP contribution in [0.4, 0.5) is 0 Å². The molecule has 0 saturated carbocycles. The molecule has 1 aromatic rings. The van der Waals surface area contributed by atoms with Crippen LogP contribution in [0, 0.1) is 0 Å². The quantitative estimate of drug-likeness (QED) is 0.750. The summed E-state index contributed by atoms with van der Waals surface area (Å²) < 4.78 is 24.3. The maximum absolute atomic E-state index is 11.4. The first-order chi connectivity index (χ1) is 6.63. The lowest BCUT2D eigenvalue weighted by Crippen LogP contribution is -2.36. The third-order valence-electron chi connectivity index (χ3n) is 2.27. The molecule has 2 rings (SSSR count). The Balaban J connectivity index is 2.23. The summed E-state index contributed by atoms with van der Waals surface area (Å²) >= 11 is 5.37. The lowest BCUT2D eigenvalue weighted by Gasteiger charge is -2.24. The lowest BCUT2D eigenvalue weighted by molar-refractivity contribution is 0.388. The summed E-state index contributed by atoms with van der Waals surface area (Å²) in [4.78, 5) is 7.01. The number of nitrogens with zero attached hydrogens (tertiary/aromatic N) is 2. The summed E-state index contributed by atoms with van der Waals surface area (Å²) in [5.41, 5.74) is 1.82. The molecular weight excluding hydrogens is 226 g/mol. The highest BCUT2D eigenvalue weighted by Crippen LogP contribution is 2.18. The van der Waals surface area contributed by atoms with Crippen molar-refractivity contribution in [3.63, 3.8) is 0 Å². The third kappa shape index (κ3) is 1.65. The highest BCUT2D eigenvalue weighted by molar-refractivity contribution is 7.90. The molecule has 78 valence electrons. The second-order valence-electron chi connectivity index (χ2n) is 3.13. The van der Waals surface area contributed by atoms with Gasteiger partial charge < -0.3 is 4.98 Å². The molecule has 0 atom stereocenters. The number of sulfonamides is 1. The minimum atomic E-state index is -3.29. The van der Waals surface area contributed by atoms with Gasteiger partial charge in [-0.05, 0) is 0 Å². The number of hydrogen-bond acceptors (Lipinski definition) is 3. The predicted molar refractivity (Wildman–Crippen MR) is 52.3 cm³/mol. The molecule has 2 heterocycles. The number of H-pyrrole nitrogens is 1. The minimum Gasteiger partial charge on any atom is -0.347 e. The minimum absolute atomic E-state index is 0.352. The first kappa shape index (κ1) is 9.95. The number of aromatic amines is 1. The average molecular weight is 236 g/mol. The van der Waals surface area contributed by atoms with Gasteiger partial charge in [0.1, 0.15) is 5.21 Å². The fourth-order valence-corrected chi connectivity index (χ4v) is 2.74. The summed E-state index contributed by atoms with van der Waals surface area (Å²) in [5.74, 6) is 0. The molecule has 0 fully saturated rings. The Morgan fingerprint density at radius 2 is 2.43 bits per heavy atom. The molecule has 1 N–H and O–H groups in total. The number of fused-ring (bicyclic) bond motifs is 1. The molecule has 1 aliphatic rings. The van der Waals surface area contributed by atoms with Gasteiger partial charge in [0.2, 0.25) is 10.0 Å². The number of aromatic nitrogens is 2. The molecule has 0 saturated heterocycles. The fourth-order valence-electron chi connectivity index (χ4n) is 1.49. The van der Waals surface area contributed by atoms with Crippen LogP contribution in [-0.4, -0.2) is 34.4 Å². The summed E-state index contributed by atoms with van der Waals surface area (Å²) in [6.07, 6.45) is 2.23. The monoisotopic (exact) mass is 235 g/mol. The van der Waals surface area contributed by atoms with Gasteiger partial charge in [0, 0.05) is 13.0 Å². The topological polar surface area (TPSA) is 66.1 Å². The van der Waals surface area contributed by atoms with Crippen LogP contribution < -0.4 is 0 Å². The predicted octanol–water partition coefficient (Wildman–Crippen LogP) is 0.294. The molecule has 5 nitrogen and oxygen atoms in total. The zero-order valence-corrected chi connectivity index (χ0v) is 8.98. The van der Waals surface area contributed by atoms with Gasteiger partial charge in [0.05, 0.1) is 24.3 Å². The van der Waals surface area contributed by atoms with Gasteiger partial charge in [-0.3, -0.25) is 0 Å². The molecule has 0 radical (unpaired) electrons. The van der Waals surface area contributed by atoms with Gasteiger partial charge in [-0.1, -0.05) is 0 Å². The highest BCUT2D eigenvalue weighted by Gasteiger charge is 2.26. The van der Waals surface area contributed by atoms with Crippen molar-refractivity contribution in [2.45, 2.75) is 13.0 Å². The molecule has 1 aromatic heterocycles. The maximum Gasteiger partial charge on any atom is 0.228 e. The molecule has 14 heavy (non-hydrogen) atoms. The lowest BCUT2D eigenvalue weighted by atomic mass is 10.2. The molecular formula is C7H10ClN3O2S. The Bertz CT molecular complexity index is 428. The SMILES string of the molecule is O=S(=O)(CCl)N1CCc2nc[nH]c2C1. The van der Waals surface area contributed by atoms with Crippen molar-refractivity contribution in [1.82, 2.24) is 14.3 Å². The number of nitrogens with one attached hydrogen (secondary N) is 1. The Morgan fingerprint density at radius 3 is 3.14 bits per heavy atom. The molecule has 7 heteroatoms. The number of hydrogen-bond donors (Lipinski definition) is 1. The summed E-state index contributed by atoms with van der Waals surface area (Å²) in [5, 5.41) is -0.365. The van der Waals surface area contributed by atoms with E-state index in [4.69, 9.17) is 11.6 Å². The van der Waals surface area contributed by atoms with E-state index < -0.39 is 10.0 Å². The van der Waals surface area contributed by atoms with Gasteiger partial charge in [0.15, 0.2) is 0 Å². The van der Waals surface area contributed by atoms with Crippen molar-refractivity contribution in [2.24, 2.45) is 0 Å². The van der Waals surface area contributed by atoms with Crippen LogP contribution in [0.2, 0.25) is 0 Å². The number of rotatable bonds is 2. The molecule has 0 unspecified atom stereocenters.